The molecule has 9 aromatic rings. The monoisotopic (exact) mass is 628 g/mol. The van der Waals surface area contributed by atoms with Gasteiger partial charge in [0.05, 0.1) is 16.8 Å². The number of benzene rings is 6. The topological polar surface area (TPSA) is 64.7 Å². The van der Waals surface area contributed by atoms with Crippen molar-refractivity contribution in [3.8, 4) is 67.7 Å². The van der Waals surface area contributed by atoms with E-state index in [0.717, 1.165) is 66.9 Å². The molecule has 49 heavy (non-hydrogen) atoms. The molecule has 5 heteroatoms. The summed E-state index contributed by atoms with van der Waals surface area (Å²) in [5.74, 6) is 1.28. The first-order chi connectivity index (χ1) is 24.3. The molecular weight excluding hydrogens is 601 g/mol. The standard InChI is InChI=1S/C44H28N4O/c1-5-14-29(15-6-1)30-24-26-31(27-25-30)36-28-37(46-43(45-36)33-18-9-3-10-19-33)35-22-13-23-38-39(35)41-42(49-38)40(32-16-7-2-8-17-32)47-44(48-41)34-20-11-4-12-21-34/h1-28H. The molecule has 3 aromatic heterocycles. The molecule has 0 saturated carbocycles. The second kappa shape index (κ2) is 12.1. The number of aromatic nitrogens is 4. The van der Waals surface area contributed by atoms with E-state index in [1.54, 1.807) is 0 Å². The molecule has 230 valence electrons. The number of hydrogen-bond donors (Lipinski definition) is 0. The van der Waals surface area contributed by atoms with Gasteiger partial charge in [-0.05, 0) is 23.3 Å². The van der Waals surface area contributed by atoms with Crippen LogP contribution in [-0.4, -0.2) is 19.9 Å². The zero-order valence-corrected chi connectivity index (χ0v) is 26.4. The van der Waals surface area contributed by atoms with Crippen LogP contribution in [0.1, 0.15) is 0 Å². The minimum atomic E-state index is 0.635. The maximum Gasteiger partial charge on any atom is 0.180 e. The Hall–Kier alpha value is -6.72. The molecule has 0 saturated heterocycles. The van der Waals surface area contributed by atoms with E-state index in [-0.39, 0.29) is 0 Å². The minimum absolute atomic E-state index is 0.635. The Labute approximate surface area is 283 Å². The van der Waals surface area contributed by atoms with Gasteiger partial charge in [-0.15, -0.1) is 0 Å². The lowest BCUT2D eigenvalue weighted by Crippen LogP contribution is -1.97. The van der Waals surface area contributed by atoms with Crippen molar-refractivity contribution in [2.24, 2.45) is 0 Å². The van der Waals surface area contributed by atoms with Crippen molar-refractivity contribution in [3.63, 3.8) is 0 Å². The minimum Gasteiger partial charge on any atom is -0.452 e. The van der Waals surface area contributed by atoms with Gasteiger partial charge in [-0.2, -0.15) is 0 Å². The van der Waals surface area contributed by atoms with Gasteiger partial charge in [-0.25, -0.2) is 19.9 Å². The summed E-state index contributed by atoms with van der Waals surface area (Å²) in [6.45, 7) is 0. The summed E-state index contributed by atoms with van der Waals surface area (Å²) in [7, 11) is 0. The van der Waals surface area contributed by atoms with Crippen LogP contribution in [0.25, 0.3) is 89.7 Å². The molecule has 3 heterocycles. The molecule has 6 aromatic carbocycles. The van der Waals surface area contributed by atoms with Gasteiger partial charge in [0, 0.05) is 27.8 Å². The van der Waals surface area contributed by atoms with Crippen LogP contribution in [0.2, 0.25) is 0 Å². The van der Waals surface area contributed by atoms with E-state index in [1.165, 1.54) is 5.56 Å². The highest BCUT2D eigenvalue weighted by molar-refractivity contribution is 6.13. The second-order valence-corrected chi connectivity index (χ2v) is 11.9. The van der Waals surface area contributed by atoms with Gasteiger partial charge in [0.25, 0.3) is 0 Å². The third-order valence-corrected chi connectivity index (χ3v) is 8.74. The first-order valence-electron chi connectivity index (χ1n) is 16.2. The zero-order chi connectivity index (χ0) is 32.6. The van der Waals surface area contributed by atoms with Crippen molar-refractivity contribution in [2.45, 2.75) is 0 Å². The molecule has 0 amide bonds. The van der Waals surface area contributed by atoms with Crippen LogP contribution in [0, 0.1) is 0 Å². The average molecular weight is 629 g/mol. The normalized spacial score (nSPS) is 11.3. The maximum absolute atomic E-state index is 6.61. The fraction of sp³-hybridized carbons (Fsp3) is 0. The predicted molar refractivity (Wildman–Crippen MR) is 198 cm³/mol. The first kappa shape index (κ1) is 28.5. The lowest BCUT2D eigenvalue weighted by atomic mass is 10.0. The number of rotatable bonds is 6. The Kier molecular flexibility index (Phi) is 7.06. The quantitative estimate of drug-likeness (QED) is 0.183. The van der Waals surface area contributed by atoms with E-state index in [0.29, 0.717) is 17.2 Å². The highest BCUT2D eigenvalue weighted by Crippen LogP contribution is 2.40. The van der Waals surface area contributed by atoms with Crippen LogP contribution in [0.5, 0.6) is 0 Å². The molecule has 0 spiro atoms. The SMILES string of the molecule is c1ccc(-c2ccc(-c3cc(-c4cccc5oc6c(-c7ccccc7)nc(-c7ccccc7)nc6c45)nc(-c4ccccc4)n3)cc2)cc1. The highest BCUT2D eigenvalue weighted by atomic mass is 16.3. The molecule has 0 aliphatic heterocycles. The van der Waals surface area contributed by atoms with Gasteiger partial charge < -0.3 is 4.42 Å². The van der Waals surface area contributed by atoms with Gasteiger partial charge in [-0.1, -0.05) is 158 Å². The third kappa shape index (κ3) is 5.33. The molecule has 9 rings (SSSR count). The zero-order valence-electron chi connectivity index (χ0n) is 26.4. The predicted octanol–water partition coefficient (Wildman–Crippen LogP) is 11.2. The van der Waals surface area contributed by atoms with Gasteiger partial charge in [0.2, 0.25) is 0 Å². The molecule has 0 aliphatic rings. The molecule has 0 N–H and O–H groups in total. The van der Waals surface area contributed by atoms with Gasteiger partial charge >= 0.3 is 0 Å². The smallest absolute Gasteiger partial charge is 0.180 e. The third-order valence-electron chi connectivity index (χ3n) is 8.74. The van der Waals surface area contributed by atoms with Crippen LogP contribution in [0.15, 0.2) is 174 Å². The summed E-state index contributed by atoms with van der Waals surface area (Å²) < 4.78 is 6.61. The molecule has 0 unspecified atom stereocenters. The molecule has 0 aliphatic carbocycles. The van der Waals surface area contributed by atoms with Crippen molar-refractivity contribution in [3.05, 3.63) is 170 Å². The van der Waals surface area contributed by atoms with Crippen molar-refractivity contribution < 1.29 is 4.42 Å². The second-order valence-electron chi connectivity index (χ2n) is 11.9. The Morgan fingerprint density at radius 1 is 0.367 bits per heavy atom. The van der Waals surface area contributed by atoms with Crippen LogP contribution in [-0.2, 0) is 0 Å². The first-order valence-corrected chi connectivity index (χ1v) is 16.2. The highest BCUT2D eigenvalue weighted by Gasteiger charge is 2.22. The largest absolute Gasteiger partial charge is 0.452 e. The number of nitrogens with zero attached hydrogens (tertiary/aromatic N) is 4. The van der Waals surface area contributed by atoms with Crippen molar-refractivity contribution in [2.75, 3.05) is 0 Å². The lowest BCUT2D eigenvalue weighted by Gasteiger charge is -2.11. The van der Waals surface area contributed by atoms with E-state index in [4.69, 9.17) is 24.4 Å². The van der Waals surface area contributed by atoms with Crippen molar-refractivity contribution in [1.29, 1.82) is 0 Å². The molecule has 0 radical (unpaired) electrons. The molecule has 0 fully saturated rings. The fourth-order valence-electron chi connectivity index (χ4n) is 6.32. The summed E-state index contributed by atoms with van der Waals surface area (Å²) in [4.78, 5) is 20.4. The number of fused-ring (bicyclic) bond motifs is 3. The van der Waals surface area contributed by atoms with E-state index in [9.17, 15) is 0 Å². The van der Waals surface area contributed by atoms with Crippen LogP contribution >= 0.6 is 0 Å². The number of furan rings is 1. The summed E-state index contributed by atoms with van der Waals surface area (Å²) in [5.41, 5.74) is 11.5. The summed E-state index contributed by atoms with van der Waals surface area (Å²) in [6.07, 6.45) is 0. The van der Waals surface area contributed by atoms with E-state index < -0.39 is 0 Å². The maximum atomic E-state index is 6.61. The summed E-state index contributed by atoms with van der Waals surface area (Å²) >= 11 is 0. The average Bonchev–Trinajstić information content (AvgIpc) is 3.58. The van der Waals surface area contributed by atoms with Gasteiger partial charge in [0.15, 0.2) is 17.2 Å². The fourth-order valence-corrected chi connectivity index (χ4v) is 6.32. The summed E-state index contributed by atoms with van der Waals surface area (Å²) in [6, 6.07) is 57.4. The molecule has 0 atom stereocenters. The Morgan fingerprint density at radius 2 is 0.878 bits per heavy atom. The van der Waals surface area contributed by atoms with Gasteiger partial charge in [0.1, 0.15) is 16.8 Å². The van der Waals surface area contributed by atoms with Crippen molar-refractivity contribution >= 4 is 22.1 Å². The molecular formula is C44H28N4O. The Morgan fingerprint density at radius 3 is 1.51 bits per heavy atom. The van der Waals surface area contributed by atoms with Crippen molar-refractivity contribution in [1.82, 2.24) is 19.9 Å². The van der Waals surface area contributed by atoms with Crippen LogP contribution in [0.3, 0.4) is 0 Å². The molecule has 0 bridgehead atoms. The Bertz CT molecular complexity index is 2570. The molecule has 5 nitrogen and oxygen atoms in total. The van der Waals surface area contributed by atoms with Crippen LogP contribution in [0.4, 0.5) is 0 Å². The number of hydrogen-bond acceptors (Lipinski definition) is 5. The van der Waals surface area contributed by atoms with E-state index in [2.05, 4.69) is 72.8 Å². The van der Waals surface area contributed by atoms with E-state index >= 15 is 0 Å². The lowest BCUT2D eigenvalue weighted by molar-refractivity contribution is 0.667. The summed E-state index contributed by atoms with van der Waals surface area (Å²) in [5, 5.41) is 0.886. The van der Waals surface area contributed by atoms with Gasteiger partial charge in [-0.3, -0.25) is 0 Å². The van der Waals surface area contributed by atoms with E-state index in [1.807, 2.05) is 97.1 Å². The van der Waals surface area contributed by atoms with Crippen LogP contribution < -0.4 is 0 Å². The Balaban J connectivity index is 1.28.